The van der Waals surface area contributed by atoms with Gasteiger partial charge in [-0.15, -0.1) is 11.3 Å². The molecule has 1 amide bonds. The van der Waals surface area contributed by atoms with Crippen molar-refractivity contribution in [2.24, 2.45) is 5.10 Å². The maximum Gasteiger partial charge on any atom is 0.265 e. The van der Waals surface area contributed by atoms with E-state index in [1.807, 2.05) is 42.1 Å². The molecule has 0 fully saturated rings. The predicted octanol–water partition coefficient (Wildman–Crippen LogP) is 4.54. The highest BCUT2D eigenvalue weighted by Crippen LogP contribution is 2.32. The number of hydrazone groups is 1. The third-order valence-corrected chi connectivity index (χ3v) is 5.90. The quantitative estimate of drug-likeness (QED) is 0.384. The lowest BCUT2D eigenvalue weighted by atomic mass is 10.1. The highest BCUT2D eigenvalue weighted by Gasteiger charge is 2.18. The number of benzene rings is 2. The third-order valence-electron chi connectivity index (χ3n) is 4.18. The second-order valence-corrected chi connectivity index (χ2v) is 10.1. The van der Waals surface area contributed by atoms with Gasteiger partial charge in [0.05, 0.1) is 18.2 Å². The summed E-state index contributed by atoms with van der Waals surface area (Å²) in [6, 6.07) is 10.6. The maximum atomic E-state index is 13.8. The Morgan fingerprint density at radius 2 is 2.00 bits per heavy atom. The summed E-state index contributed by atoms with van der Waals surface area (Å²) in [5.74, 6) is -1.46. The highest BCUT2D eigenvalue weighted by atomic mass is 35.5. The number of thiazole rings is 1. The number of amides is 1. The van der Waals surface area contributed by atoms with Gasteiger partial charge in [0, 0.05) is 33.1 Å². The molecule has 0 radical (unpaired) electrons. The Labute approximate surface area is 194 Å². The molecule has 32 heavy (non-hydrogen) atoms. The van der Waals surface area contributed by atoms with E-state index in [0.29, 0.717) is 15.8 Å². The number of nitrogens with one attached hydrogen (secondary N) is 1. The Morgan fingerprint density at radius 1 is 1.28 bits per heavy atom. The summed E-state index contributed by atoms with van der Waals surface area (Å²) in [6.45, 7) is 3.80. The molecule has 1 aromatic heterocycles. The van der Waals surface area contributed by atoms with E-state index >= 15 is 0 Å². The van der Waals surface area contributed by atoms with Crippen LogP contribution in [0.3, 0.4) is 0 Å². The van der Waals surface area contributed by atoms with Crippen LogP contribution in [0.5, 0.6) is 0 Å². The van der Waals surface area contributed by atoms with Crippen LogP contribution in [0.25, 0.3) is 11.3 Å². The molecule has 0 aliphatic heterocycles. The first-order valence-corrected chi connectivity index (χ1v) is 12.6. The number of halogens is 2. The summed E-state index contributed by atoms with van der Waals surface area (Å²) in [4.78, 5) is 16.9. The summed E-state index contributed by atoms with van der Waals surface area (Å²) in [5, 5.41) is 9.02. The molecule has 11 heteroatoms. The number of nitrogens with zero attached hydrogens (tertiary/aromatic N) is 3. The molecule has 0 aliphatic rings. The molecule has 7 nitrogen and oxygen atoms in total. The lowest BCUT2D eigenvalue weighted by Gasteiger charge is -2.20. The molecular formula is C21H20ClFN4O3S2. The zero-order valence-corrected chi connectivity index (χ0v) is 19.8. The Morgan fingerprint density at radius 3 is 2.66 bits per heavy atom. The standard InChI is InChI=1S/C21H20ClFN4O3S2/c1-13(2)27(21-25-19(12-31-21)17-6-4-5-7-18(17)22)24-11-14-10-15(23)8-9-16(14)20(28)26-32(3,29)30/h4-13H,1-3H3,(H,26,28). The highest BCUT2D eigenvalue weighted by molar-refractivity contribution is 7.89. The van der Waals surface area contributed by atoms with E-state index in [2.05, 4.69) is 10.1 Å². The van der Waals surface area contributed by atoms with E-state index < -0.39 is 21.7 Å². The van der Waals surface area contributed by atoms with Crippen LogP contribution < -0.4 is 9.73 Å². The van der Waals surface area contributed by atoms with Gasteiger partial charge in [-0.1, -0.05) is 29.8 Å². The summed E-state index contributed by atoms with van der Waals surface area (Å²) >= 11 is 7.62. The summed E-state index contributed by atoms with van der Waals surface area (Å²) < 4.78 is 38.5. The molecular weight excluding hydrogens is 475 g/mol. The number of carbonyl (C=O) groups is 1. The normalized spacial score (nSPS) is 11.8. The molecule has 0 spiro atoms. The Bertz CT molecular complexity index is 1280. The van der Waals surface area contributed by atoms with Crippen LogP contribution in [0.15, 0.2) is 52.9 Å². The van der Waals surface area contributed by atoms with Gasteiger partial charge in [-0.25, -0.2) is 27.5 Å². The fourth-order valence-electron chi connectivity index (χ4n) is 2.76. The largest absolute Gasteiger partial charge is 0.268 e. The van der Waals surface area contributed by atoms with E-state index in [1.54, 1.807) is 11.1 Å². The number of hydrogen-bond acceptors (Lipinski definition) is 7. The van der Waals surface area contributed by atoms with Gasteiger partial charge in [-0.2, -0.15) is 5.10 Å². The van der Waals surface area contributed by atoms with E-state index in [-0.39, 0.29) is 17.2 Å². The lowest BCUT2D eigenvalue weighted by molar-refractivity contribution is 0.0981. The van der Waals surface area contributed by atoms with Gasteiger partial charge >= 0.3 is 0 Å². The molecule has 0 saturated heterocycles. The number of aromatic nitrogens is 1. The van der Waals surface area contributed by atoms with Crippen molar-refractivity contribution >= 4 is 50.2 Å². The number of anilines is 1. The van der Waals surface area contributed by atoms with E-state index in [9.17, 15) is 17.6 Å². The third kappa shape index (κ3) is 5.90. The van der Waals surface area contributed by atoms with Crippen molar-refractivity contribution in [2.45, 2.75) is 19.9 Å². The Kier molecular flexibility index (Phi) is 7.27. The first-order valence-electron chi connectivity index (χ1n) is 9.40. The lowest BCUT2D eigenvalue weighted by Crippen LogP contribution is -2.30. The molecule has 0 atom stereocenters. The minimum Gasteiger partial charge on any atom is -0.268 e. The van der Waals surface area contributed by atoms with Crippen molar-refractivity contribution in [3.63, 3.8) is 0 Å². The van der Waals surface area contributed by atoms with E-state index in [1.165, 1.54) is 23.6 Å². The van der Waals surface area contributed by atoms with Crippen LogP contribution in [0.2, 0.25) is 5.02 Å². The zero-order valence-electron chi connectivity index (χ0n) is 17.4. The van der Waals surface area contributed by atoms with Crippen LogP contribution in [-0.2, 0) is 10.0 Å². The van der Waals surface area contributed by atoms with Crippen molar-refractivity contribution in [3.8, 4) is 11.3 Å². The van der Waals surface area contributed by atoms with E-state index in [4.69, 9.17) is 11.6 Å². The molecule has 3 aromatic rings. The topological polar surface area (TPSA) is 91.7 Å². The van der Waals surface area contributed by atoms with Crippen molar-refractivity contribution in [1.82, 2.24) is 9.71 Å². The predicted molar refractivity (Wildman–Crippen MR) is 126 cm³/mol. The molecule has 0 aliphatic carbocycles. The van der Waals surface area contributed by atoms with Gasteiger partial charge in [0.25, 0.3) is 5.91 Å². The molecule has 0 bridgehead atoms. The van der Waals surface area contributed by atoms with Crippen LogP contribution >= 0.6 is 22.9 Å². The molecule has 0 saturated carbocycles. The van der Waals surface area contributed by atoms with Gasteiger partial charge in [-0.05, 0) is 38.1 Å². The monoisotopic (exact) mass is 494 g/mol. The first-order chi connectivity index (χ1) is 15.0. The van der Waals surface area contributed by atoms with Gasteiger partial charge in [-0.3, -0.25) is 4.79 Å². The van der Waals surface area contributed by atoms with Gasteiger partial charge < -0.3 is 0 Å². The fourth-order valence-corrected chi connectivity index (χ4v) is 4.35. The van der Waals surface area contributed by atoms with Crippen LogP contribution in [-0.4, -0.2) is 37.8 Å². The second-order valence-electron chi connectivity index (χ2n) is 7.11. The number of carbonyl (C=O) groups excluding carboxylic acids is 1. The van der Waals surface area contributed by atoms with Crippen molar-refractivity contribution in [1.29, 1.82) is 0 Å². The maximum absolute atomic E-state index is 13.8. The number of rotatable bonds is 7. The van der Waals surface area contributed by atoms with Crippen molar-refractivity contribution in [3.05, 3.63) is 69.8 Å². The number of hydrogen-bond donors (Lipinski definition) is 1. The number of sulfonamides is 1. The average Bonchev–Trinajstić information content (AvgIpc) is 3.16. The summed E-state index contributed by atoms with van der Waals surface area (Å²) in [7, 11) is -3.78. The smallest absolute Gasteiger partial charge is 0.265 e. The van der Waals surface area contributed by atoms with Crippen LogP contribution in [0, 0.1) is 5.82 Å². The van der Waals surface area contributed by atoms with Gasteiger partial charge in [0.2, 0.25) is 15.2 Å². The first kappa shape index (κ1) is 23.8. The van der Waals surface area contributed by atoms with Crippen molar-refractivity contribution < 1.29 is 17.6 Å². The summed E-state index contributed by atoms with van der Waals surface area (Å²) in [5.41, 5.74) is 1.57. The molecule has 1 N–H and O–H groups in total. The van der Waals surface area contributed by atoms with Crippen LogP contribution in [0.1, 0.15) is 29.8 Å². The van der Waals surface area contributed by atoms with Gasteiger partial charge in [0.1, 0.15) is 5.82 Å². The van der Waals surface area contributed by atoms with Crippen molar-refractivity contribution in [2.75, 3.05) is 11.3 Å². The van der Waals surface area contributed by atoms with Crippen LogP contribution in [0.4, 0.5) is 9.52 Å². The average molecular weight is 495 g/mol. The fraction of sp³-hybridized carbons (Fsp3) is 0.190. The second kappa shape index (κ2) is 9.76. The Balaban J connectivity index is 1.94. The molecule has 3 rings (SSSR count). The molecule has 1 heterocycles. The van der Waals surface area contributed by atoms with E-state index in [0.717, 1.165) is 24.0 Å². The summed E-state index contributed by atoms with van der Waals surface area (Å²) in [6.07, 6.45) is 2.17. The molecule has 2 aromatic carbocycles. The van der Waals surface area contributed by atoms with Gasteiger partial charge in [0.15, 0.2) is 0 Å². The molecule has 0 unspecified atom stereocenters. The zero-order chi connectivity index (χ0) is 23.5. The minimum absolute atomic E-state index is 0.0276. The SMILES string of the molecule is CC(C)N(N=Cc1cc(F)ccc1C(=O)NS(C)(=O)=O)c1nc(-c2ccccc2Cl)cs1. The minimum atomic E-state index is -3.78. The Hall–Kier alpha value is -2.82. The molecule has 168 valence electrons.